The average molecular weight is 226 g/mol. The topological polar surface area (TPSA) is 55.6 Å². The summed E-state index contributed by atoms with van der Waals surface area (Å²) in [5, 5.41) is 0. The SMILES string of the molecule is CC1(N)CCC(C(=O)N2CCOCC2)CC1. The molecular formula is C12H22N2O2. The van der Waals surface area contributed by atoms with E-state index in [9.17, 15) is 4.79 Å². The molecule has 0 aromatic rings. The van der Waals surface area contributed by atoms with Crippen LogP contribution in [0.1, 0.15) is 32.6 Å². The van der Waals surface area contributed by atoms with Gasteiger partial charge in [0.15, 0.2) is 0 Å². The van der Waals surface area contributed by atoms with Crippen LogP contribution >= 0.6 is 0 Å². The Balaban J connectivity index is 1.86. The molecule has 1 aliphatic carbocycles. The van der Waals surface area contributed by atoms with E-state index in [2.05, 4.69) is 6.92 Å². The van der Waals surface area contributed by atoms with Crippen LogP contribution in [0.3, 0.4) is 0 Å². The highest BCUT2D eigenvalue weighted by molar-refractivity contribution is 5.79. The van der Waals surface area contributed by atoms with E-state index in [0.717, 1.165) is 38.8 Å². The Bertz CT molecular complexity index is 250. The fourth-order valence-electron chi connectivity index (χ4n) is 2.57. The number of ether oxygens (including phenoxy) is 1. The van der Waals surface area contributed by atoms with Gasteiger partial charge in [-0.05, 0) is 32.6 Å². The van der Waals surface area contributed by atoms with Gasteiger partial charge in [-0.2, -0.15) is 0 Å². The van der Waals surface area contributed by atoms with Crippen molar-refractivity contribution in [2.75, 3.05) is 26.3 Å². The van der Waals surface area contributed by atoms with E-state index in [4.69, 9.17) is 10.5 Å². The van der Waals surface area contributed by atoms with Gasteiger partial charge >= 0.3 is 0 Å². The van der Waals surface area contributed by atoms with Crippen LogP contribution in [0.4, 0.5) is 0 Å². The quantitative estimate of drug-likeness (QED) is 0.718. The molecule has 2 rings (SSSR count). The van der Waals surface area contributed by atoms with E-state index in [1.807, 2.05) is 4.90 Å². The zero-order valence-corrected chi connectivity index (χ0v) is 10.1. The van der Waals surface area contributed by atoms with Crippen molar-refractivity contribution in [2.45, 2.75) is 38.1 Å². The van der Waals surface area contributed by atoms with Crippen LogP contribution < -0.4 is 5.73 Å². The smallest absolute Gasteiger partial charge is 0.225 e. The molecule has 1 heterocycles. The molecule has 0 spiro atoms. The third kappa shape index (κ3) is 2.74. The molecular weight excluding hydrogens is 204 g/mol. The first-order valence-electron chi connectivity index (χ1n) is 6.24. The van der Waals surface area contributed by atoms with Gasteiger partial charge < -0.3 is 15.4 Å². The largest absolute Gasteiger partial charge is 0.378 e. The van der Waals surface area contributed by atoms with Gasteiger partial charge in [0.2, 0.25) is 5.91 Å². The predicted octanol–water partition coefficient (Wildman–Crippen LogP) is 0.753. The molecule has 0 atom stereocenters. The number of rotatable bonds is 1. The minimum absolute atomic E-state index is 0.0538. The van der Waals surface area contributed by atoms with Crippen molar-refractivity contribution >= 4 is 5.91 Å². The Morgan fingerprint density at radius 1 is 1.31 bits per heavy atom. The van der Waals surface area contributed by atoms with Crippen molar-refractivity contribution in [3.63, 3.8) is 0 Å². The van der Waals surface area contributed by atoms with Crippen LogP contribution in [-0.2, 0) is 9.53 Å². The van der Waals surface area contributed by atoms with Gasteiger partial charge in [-0.3, -0.25) is 4.79 Å². The molecule has 4 heteroatoms. The van der Waals surface area contributed by atoms with E-state index in [1.165, 1.54) is 0 Å². The summed E-state index contributed by atoms with van der Waals surface area (Å²) in [5.74, 6) is 0.522. The van der Waals surface area contributed by atoms with Crippen molar-refractivity contribution in [1.29, 1.82) is 0 Å². The molecule has 4 nitrogen and oxygen atoms in total. The molecule has 2 fully saturated rings. The van der Waals surface area contributed by atoms with Gasteiger partial charge in [0.05, 0.1) is 13.2 Å². The summed E-state index contributed by atoms with van der Waals surface area (Å²) >= 11 is 0. The maximum atomic E-state index is 12.2. The molecule has 2 N–H and O–H groups in total. The Labute approximate surface area is 97.1 Å². The van der Waals surface area contributed by atoms with E-state index >= 15 is 0 Å². The lowest BCUT2D eigenvalue weighted by atomic mass is 9.78. The van der Waals surface area contributed by atoms with Crippen LogP contribution in [0, 0.1) is 5.92 Å². The lowest BCUT2D eigenvalue weighted by molar-refractivity contribution is -0.141. The van der Waals surface area contributed by atoms with Crippen LogP contribution in [-0.4, -0.2) is 42.6 Å². The second-order valence-corrected chi connectivity index (χ2v) is 5.37. The zero-order valence-electron chi connectivity index (χ0n) is 10.1. The van der Waals surface area contributed by atoms with Crippen LogP contribution in [0.5, 0.6) is 0 Å². The molecule has 0 bridgehead atoms. The van der Waals surface area contributed by atoms with Gasteiger partial charge in [0, 0.05) is 24.5 Å². The van der Waals surface area contributed by atoms with Crippen LogP contribution in [0.2, 0.25) is 0 Å². The first kappa shape index (κ1) is 11.9. The predicted molar refractivity (Wildman–Crippen MR) is 61.9 cm³/mol. The van der Waals surface area contributed by atoms with Crippen molar-refractivity contribution in [3.8, 4) is 0 Å². The molecule has 0 aromatic heterocycles. The third-order valence-electron chi connectivity index (χ3n) is 3.80. The summed E-state index contributed by atoms with van der Waals surface area (Å²) in [4.78, 5) is 14.1. The first-order chi connectivity index (χ1) is 7.58. The summed E-state index contributed by atoms with van der Waals surface area (Å²) in [6.07, 6.45) is 3.83. The number of amides is 1. The Morgan fingerprint density at radius 3 is 2.44 bits per heavy atom. The van der Waals surface area contributed by atoms with E-state index in [-0.39, 0.29) is 11.5 Å². The molecule has 16 heavy (non-hydrogen) atoms. The van der Waals surface area contributed by atoms with Crippen molar-refractivity contribution in [2.24, 2.45) is 11.7 Å². The van der Waals surface area contributed by atoms with E-state index in [1.54, 1.807) is 0 Å². The number of morpholine rings is 1. The third-order valence-corrected chi connectivity index (χ3v) is 3.80. The molecule has 1 aliphatic heterocycles. The summed E-state index contributed by atoms with van der Waals surface area (Å²) in [6.45, 7) is 4.98. The molecule has 0 radical (unpaired) electrons. The maximum Gasteiger partial charge on any atom is 0.225 e. The molecule has 1 saturated carbocycles. The molecule has 1 amide bonds. The number of carbonyl (C=O) groups is 1. The maximum absolute atomic E-state index is 12.2. The minimum Gasteiger partial charge on any atom is -0.378 e. The number of nitrogens with zero attached hydrogens (tertiary/aromatic N) is 1. The summed E-state index contributed by atoms with van der Waals surface area (Å²) in [5.41, 5.74) is 6.02. The fraction of sp³-hybridized carbons (Fsp3) is 0.917. The highest BCUT2D eigenvalue weighted by Crippen LogP contribution is 2.31. The number of nitrogens with two attached hydrogens (primary N) is 1. The van der Waals surface area contributed by atoms with Gasteiger partial charge in [-0.25, -0.2) is 0 Å². The first-order valence-corrected chi connectivity index (χ1v) is 6.24. The Hall–Kier alpha value is -0.610. The molecule has 0 aromatic carbocycles. The fourth-order valence-corrected chi connectivity index (χ4v) is 2.57. The standard InChI is InChI=1S/C12H22N2O2/c1-12(13)4-2-10(3-5-12)11(15)14-6-8-16-9-7-14/h10H,2-9,13H2,1H3. The highest BCUT2D eigenvalue weighted by Gasteiger charge is 2.33. The molecule has 1 saturated heterocycles. The number of carbonyl (C=O) groups excluding carboxylic acids is 1. The van der Waals surface area contributed by atoms with Crippen LogP contribution in [0.15, 0.2) is 0 Å². The van der Waals surface area contributed by atoms with Gasteiger partial charge in [-0.15, -0.1) is 0 Å². The lowest BCUT2D eigenvalue weighted by Crippen LogP contribution is -2.47. The second-order valence-electron chi connectivity index (χ2n) is 5.37. The summed E-state index contributed by atoms with van der Waals surface area (Å²) < 4.78 is 5.26. The van der Waals surface area contributed by atoms with E-state index in [0.29, 0.717) is 19.1 Å². The van der Waals surface area contributed by atoms with Gasteiger partial charge in [-0.1, -0.05) is 0 Å². The van der Waals surface area contributed by atoms with E-state index < -0.39 is 0 Å². The summed E-state index contributed by atoms with van der Waals surface area (Å²) in [6, 6.07) is 0. The average Bonchev–Trinajstić information content (AvgIpc) is 2.29. The number of hydrogen-bond donors (Lipinski definition) is 1. The second kappa shape index (κ2) is 4.72. The van der Waals surface area contributed by atoms with Gasteiger partial charge in [0.25, 0.3) is 0 Å². The zero-order chi connectivity index (χ0) is 11.6. The Morgan fingerprint density at radius 2 is 1.88 bits per heavy atom. The Kier molecular flexibility index (Phi) is 3.50. The monoisotopic (exact) mass is 226 g/mol. The normalized spacial score (nSPS) is 36.1. The van der Waals surface area contributed by atoms with Gasteiger partial charge in [0.1, 0.15) is 0 Å². The highest BCUT2D eigenvalue weighted by atomic mass is 16.5. The van der Waals surface area contributed by atoms with Crippen LogP contribution in [0.25, 0.3) is 0 Å². The minimum atomic E-state index is -0.0538. The van der Waals surface area contributed by atoms with Crippen molar-refractivity contribution < 1.29 is 9.53 Å². The number of hydrogen-bond acceptors (Lipinski definition) is 3. The molecule has 2 aliphatic rings. The van der Waals surface area contributed by atoms with Crippen molar-refractivity contribution in [3.05, 3.63) is 0 Å². The lowest BCUT2D eigenvalue weighted by Gasteiger charge is -2.36. The molecule has 92 valence electrons. The summed E-state index contributed by atoms with van der Waals surface area (Å²) in [7, 11) is 0. The van der Waals surface area contributed by atoms with Crippen molar-refractivity contribution in [1.82, 2.24) is 4.90 Å². The molecule has 0 unspecified atom stereocenters.